The van der Waals surface area contributed by atoms with Gasteiger partial charge in [0, 0.05) is 18.8 Å². The van der Waals surface area contributed by atoms with Crippen LogP contribution >= 0.6 is 0 Å². The second kappa shape index (κ2) is 2.17. The SMILES string of the molecule is C1=NCc2ncncc2C1. The average molecular weight is 133 g/mol. The summed E-state index contributed by atoms with van der Waals surface area (Å²) in [5, 5.41) is 0. The van der Waals surface area contributed by atoms with E-state index >= 15 is 0 Å². The van der Waals surface area contributed by atoms with Gasteiger partial charge in [0.15, 0.2) is 0 Å². The molecule has 0 saturated carbocycles. The number of rotatable bonds is 0. The fourth-order valence-corrected chi connectivity index (χ4v) is 1.01. The summed E-state index contributed by atoms with van der Waals surface area (Å²) in [4.78, 5) is 12.1. The van der Waals surface area contributed by atoms with Crippen molar-refractivity contribution in [2.45, 2.75) is 13.0 Å². The van der Waals surface area contributed by atoms with Crippen LogP contribution in [0, 0.1) is 0 Å². The molecule has 0 N–H and O–H groups in total. The molecular formula is C7H7N3. The lowest BCUT2D eigenvalue weighted by Crippen LogP contribution is -2.03. The minimum Gasteiger partial charge on any atom is -0.291 e. The van der Waals surface area contributed by atoms with Crippen LogP contribution in [0.15, 0.2) is 17.5 Å². The monoisotopic (exact) mass is 133 g/mol. The van der Waals surface area contributed by atoms with E-state index in [1.807, 2.05) is 12.4 Å². The zero-order valence-corrected chi connectivity index (χ0v) is 5.49. The molecule has 3 heteroatoms. The van der Waals surface area contributed by atoms with Crippen molar-refractivity contribution in [3.63, 3.8) is 0 Å². The third-order valence-corrected chi connectivity index (χ3v) is 1.56. The molecule has 0 saturated heterocycles. The molecule has 3 nitrogen and oxygen atoms in total. The smallest absolute Gasteiger partial charge is 0.115 e. The van der Waals surface area contributed by atoms with E-state index in [2.05, 4.69) is 15.0 Å². The van der Waals surface area contributed by atoms with Gasteiger partial charge in [0.1, 0.15) is 6.33 Å². The summed E-state index contributed by atoms with van der Waals surface area (Å²) < 4.78 is 0. The Labute approximate surface area is 58.9 Å². The average Bonchev–Trinajstić information content (AvgIpc) is 2.05. The highest BCUT2D eigenvalue weighted by Gasteiger charge is 2.04. The molecule has 2 heterocycles. The van der Waals surface area contributed by atoms with Gasteiger partial charge in [0.05, 0.1) is 12.2 Å². The van der Waals surface area contributed by atoms with Crippen LogP contribution in [0.25, 0.3) is 0 Å². The molecule has 0 bridgehead atoms. The van der Waals surface area contributed by atoms with Crippen LogP contribution in [-0.4, -0.2) is 16.2 Å². The Bertz CT molecular complexity index is 240. The van der Waals surface area contributed by atoms with Crippen LogP contribution in [0.4, 0.5) is 0 Å². The molecule has 1 aromatic heterocycles. The predicted molar refractivity (Wildman–Crippen MR) is 37.9 cm³/mol. The van der Waals surface area contributed by atoms with Gasteiger partial charge in [-0.1, -0.05) is 0 Å². The number of nitrogens with zero attached hydrogens (tertiary/aromatic N) is 3. The molecule has 2 rings (SSSR count). The maximum atomic E-state index is 4.10. The van der Waals surface area contributed by atoms with Gasteiger partial charge in [0.2, 0.25) is 0 Å². The normalized spacial score (nSPS) is 14.8. The third-order valence-electron chi connectivity index (χ3n) is 1.56. The van der Waals surface area contributed by atoms with Crippen molar-refractivity contribution in [1.29, 1.82) is 0 Å². The van der Waals surface area contributed by atoms with Crippen molar-refractivity contribution in [3.05, 3.63) is 23.8 Å². The van der Waals surface area contributed by atoms with E-state index in [1.165, 1.54) is 5.56 Å². The Balaban J connectivity index is 2.47. The maximum Gasteiger partial charge on any atom is 0.115 e. The molecule has 0 fully saturated rings. The standard InChI is InChI=1S/C7H7N3/c1-2-8-4-7-6(1)3-9-5-10-7/h2-3,5H,1,4H2. The summed E-state index contributed by atoms with van der Waals surface area (Å²) in [7, 11) is 0. The number of fused-ring (bicyclic) bond motifs is 1. The van der Waals surface area contributed by atoms with Crippen LogP contribution in [0.5, 0.6) is 0 Å². The van der Waals surface area contributed by atoms with Gasteiger partial charge in [-0.15, -0.1) is 0 Å². The second-order valence-electron chi connectivity index (χ2n) is 2.22. The molecule has 1 aromatic rings. The number of aromatic nitrogens is 2. The van der Waals surface area contributed by atoms with Gasteiger partial charge in [-0.25, -0.2) is 9.97 Å². The van der Waals surface area contributed by atoms with Gasteiger partial charge >= 0.3 is 0 Å². The summed E-state index contributed by atoms with van der Waals surface area (Å²) in [5.74, 6) is 0. The van der Waals surface area contributed by atoms with E-state index < -0.39 is 0 Å². The van der Waals surface area contributed by atoms with Gasteiger partial charge in [0.25, 0.3) is 0 Å². The second-order valence-corrected chi connectivity index (χ2v) is 2.22. The van der Waals surface area contributed by atoms with Crippen LogP contribution in [0.2, 0.25) is 0 Å². The van der Waals surface area contributed by atoms with E-state index in [1.54, 1.807) is 6.33 Å². The Morgan fingerprint density at radius 3 is 3.30 bits per heavy atom. The Morgan fingerprint density at radius 2 is 2.40 bits per heavy atom. The van der Waals surface area contributed by atoms with E-state index in [9.17, 15) is 0 Å². The summed E-state index contributed by atoms with van der Waals surface area (Å²) in [6.45, 7) is 0.720. The van der Waals surface area contributed by atoms with Gasteiger partial charge in [-0.2, -0.15) is 0 Å². The van der Waals surface area contributed by atoms with Crippen LogP contribution in [0.3, 0.4) is 0 Å². The first kappa shape index (κ1) is 5.53. The summed E-state index contributed by atoms with van der Waals surface area (Å²) in [6.07, 6.45) is 6.22. The van der Waals surface area contributed by atoms with E-state index in [4.69, 9.17) is 0 Å². The highest BCUT2D eigenvalue weighted by atomic mass is 14.9. The molecule has 0 aliphatic carbocycles. The first-order valence-corrected chi connectivity index (χ1v) is 3.23. The summed E-state index contributed by atoms with van der Waals surface area (Å²) in [5.41, 5.74) is 2.27. The first-order valence-electron chi connectivity index (χ1n) is 3.23. The number of aliphatic imine (C=N–C) groups is 1. The minimum absolute atomic E-state index is 0.720. The third kappa shape index (κ3) is 0.795. The fourth-order valence-electron chi connectivity index (χ4n) is 1.01. The van der Waals surface area contributed by atoms with Crippen LogP contribution in [0.1, 0.15) is 11.3 Å². The zero-order valence-electron chi connectivity index (χ0n) is 5.49. The zero-order chi connectivity index (χ0) is 6.81. The molecule has 0 unspecified atom stereocenters. The molecule has 50 valence electrons. The molecule has 0 spiro atoms. The largest absolute Gasteiger partial charge is 0.291 e. The number of hydrogen-bond acceptors (Lipinski definition) is 3. The lowest BCUT2D eigenvalue weighted by molar-refractivity contribution is 0.908. The Hall–Kier alpha value is -1.25. The lowest BCUT2D eigenvalue weighted by Gasteiger charge is -2.06. The van der Waals surface area contributed by atoms with Gasteiger partial charge < -0.3 is 0 Å². The maximum absolute atomic E-state index is 4.10. The van der Waals surface area contributed by atoms with Crippen LogP contribution in [-0.2, 0) is 13.0 Å². The van der Waals surface area contributed by atoms with Crippen molar-refractivity contribution in [1.82, 2.24) is 9.97 Å². The van der Waals surface area contributed by atoms with E-state index in [0.29, 0.717) is 0 Å². The van der Waals surface area contributed by atoms with E-state index in [0.717, 1.165) is 18.7 Å². The molecular weight excluding hydrogens is 126 g/mol. The molecule has 0 aromatic carbocycles. The topological polar surface area (TPSA) is 38.1 Å². The first-order chi connectivity index (χ1) is 4.97. The molecule has 0 atom stereocenters. The van der Waals surface area contributed by atoms with Crippen molar-refractivity contribution in [2.75, 3.05) is 0 Å². The summed E-state index contributed by atoms with van der Waals surface area (Å²) in [6, 6.07) is 0. The molecule has 1 aliphatic heterocycles. The minimum atomic E-state index is 0.720. The van der Waals surface area contributed by atoms with Crippen molar-refractivity contribution < 1.29 is 0 Å². The highest BCUT2D eigenvalue weighted by Crippen LogP contribution is 2.08. The predicted octanol–water partition coefficient (Wildman–Crippen LogP) is 0.604. The molecule has 0 amide bonds. The Morgan fingerprint density at radius 1 is 1.40 bits per heavy atom. The molecule has 0 radical (unpaired) electrons. The fraction of sp³-hybridized carbons (Fsp3) is 0.286. The van der Waals surface area contributed by atoms with Crippen molar-refractivity contribution in [2.24, 2.45) is 4.99 Å². The van der Waals surface area contributed by atoms with E-state index in [-0.39, 0.29) is 0 Å². The summed E-state index contributed by atoms with van der Waals surface area (Å²) >= 11 is 0. The van der Waals surface area contributed by atoms with Gasteiger partial charge in [-0.3, -0.25) is 4.99 Å². The quantitative estimate of drug-likeness (QED) is 0.520. The molecule has 10 heavy (non-hydrogen) atoms. The Kier molecular flexibility index (Phi) is 1.20. The van der Waals surface area contributed by atoms with Crippen molar-refractivity contribution in [3.8, 4) is 0 Å². The number of hydrogen-bond donors (Lipinski definition) is 0. The van der Waals surface area contributed by atoms with Crippen LogP contribution < -0.4 is 0 Å². The lowest BCUT2D eigenvalue weighted by atomic mass is 10.1. The molecule has 1 aliphatic rings. The van der Waals surface area contributed by atoms with Crippen molar-refractivity contribution >= 4 is 6.21 Å². The highest BCUT2D eigenvalue weighted by molar-refractivity contribution is 5.63. The van der Waals surface area contributed by atoms with Gasteiger partial charge in [-0.05, 0) is 5.56 Å².